The number of H-pyrrole nitrogens is 1. The summed E-state index contributed by atoms with van der Waals surface area (Å²) in [6.07, 6.45) is 2.68. The fourth-order valence-electron chi connectivity index (χ4n) is 3.59. The average Bonchev–Trinajstić information content (AvgIpc) is 2.77. The van der Waals surface area contributed by atoms with Gasteiger partial charge in [-0.15, -0.1) is 0 Å². The van der Waals surface area contributed by atoms with Crippen molar-refractivity contribution in [2.75, 3.05) is 31.1 Å². The number of nitrogens with one attached hydrogen (secondary N) is 1. The largest absolute Gasteiger partial charge is 0.474 e. The van der Waals surface area contributed by atoms with E-state index in [4.69, 9.17) is 4.74 Å². The Balaban J connectivity index is 1.52. The smallest absolute Gasteiger partial charge is 0.328 e. The third-order valence-electron chi connectivity index (χ3n) is 5.27. The number of carbonyl (C=O) groups excluding carboxylic acids is 1. The molecule has 0 bridgehead atoms. The number of piperazine rings is 1. The van der Waals surface area contributed by atoms with Gasteiger partial charge >= 0.3 is 5.69 Å². The van der Waals surface area contributed by atoms with E-state index in [2.05, 4.69) is 19.9 Å². The van der Waals surface area contributed by atoms with Gasteiger partial charge in [0.15, 0.2) is 0 Å². The number of rotatable bonds is 4. The van der Waals surface area contributed by atoms with E-state index in [1.54, 1.807) is 4.90 Å². The lowest BCUT2D eigenvalue weighted by Crippen LogP contribution is -2.50. The molecule has 2 aromatic heterocycles. The van der Waals surface area contributed by atoms with E-state index in [1.807, 2.05) is 32.0 Å². The van der Waals surface area contributed by atoms with Gasteiger partial charge in [0.1, 0.15) is 11.9 Å². The molecule has 0 radical (unpaired) electrons. The molecule has 0 saturated carbocycles. The van der Waals surface area contributed by atoms with Gasteiger partial charge in [-0.3, -0.25) is 14.2 Å². The molecule has 0 unspecified atom stereocenters. The van der Waals surface area contributed by atoms with Gasteiger partial charge in [0.05, 0.1) is 17.0 Å². The molecule has 0 spiro atoms. The van der Waals surface area contributed by atoms with Crippen LogP contribution in [0, 0.1) is 0 Å². The minimum Gasteiger partial charge on any atom is -0.474 e. The molecule has 1 aliphatic heterocycles. The van der Waals surface area contributed by atoms with Crippen LogP contribution < -0.4 is 20.9 Å². The van der Waals surface area contributed by atoms with Crippen molar-refractivity contribution < 1.29 is 9.53 Å². The second kappa shape index (κ2) is 8.21. The van der Waals surface area contributed by atoms with Crippen molar-refractivity contribution in [3.63, 3.8) is 0 Å². The Bertz CT molecular complexity index is 1240. The van der Waals surface area contributed by atoms with Gasteiger partial charge in [-0.2, -0.15) is 0 Å². The van der Waals surface area contributed by atoms with Crippen molar-refractivity contribution in [2.24, 2.45) is 7.05 Å². The molecule has 10 heteroatoms. The maximum atomic E-state index is 12.8. The predicted octanol–water partition coefficient (Wildman–Crippen LogP) is 0.766. The predicted molar refractivity (Wildman–Crippen MR) is 116 cm³/mol. The highest BCUT2D eigenvalue weighted by Gasteiger charge is 2.25. The topological polar surface area (TPSA) is 113 Å². The summed E-state index contributed by atoms with van der Waals surface area (Å²) in [6.45, 7) is 6.02. The molecule has 0 atom stereocenters. The van der Waals surface area contributed by atoms with E-state index >= 15 is 0 Å². The minimum absolute atomic E-state index is 0.00283. The first-order chi connectivity index (χ1) is 14.8. The highest BCUT2D eigenvalue weighted by Crippen LogP contribution is 2.28. The highest BCUT2D eigenvalue weighted by molar-refractivity contribution is 5.93. The van der Waals surface area contributed by atoms with Crippen LogP contribution in [0.5, 0.6) is 5.88 Å². The molecular weight excluding hydrogens is 400 g/mol. The second-order valence-electron chi connectivity index (χ2n) is 7.70. The van der Waals surface area contributed by atoms with Crippen LogP contribution in [0.25, 0.3) is 10.9 Å². The van der Waals surface area contributed by atoms with Crippen molar-refractivity contribution >= 4 is 22.5 Å². The van der Waals surface area contributed by atoms with Gasteiger partial charge < -0.3 is 19.5 Å². The monoisotopic (exact) mass is 424 g/mol. The molecule has 1 saturated heterocycles. The number of fused-ring (bicyclic) bond motifs is 1. The van der Waals surface area contributed by atoms with E-state index in [1.165, 1.54) is 19.6 Å². The summed E-state index contributed by atoms with van der Waals surface area (Å²) in [7, 11) is 1.34. The van der Waals surface area contributed by atoms with Crippen LogP contribution >= 0.6 is 0 Å². The first-order valence-electron chi connectivity index (χ1n) is 10.1. The van der Waals surface area contributed by atoms with E-state index in [0.717, 1.165) is 21.2 Å². The lowest BCUT2D eigenvalue weighted by Gasteiger charge is -2.36. The second-order valence-corrected chi connectivity index (χ2v) is 7.70. The maximum Gasteiger partial charge on any atom is 0.328 e. The summed E-state index contributed by atoms with van der Waals surface area (Å²) in [5.41, 5.74) is 0.616. The molecule has 162 valence electrons. The summed E-state index contributed by atoms with van der Waals surface area (Å²) in [6, 6.07) is 5.92. The zero-order valence-electron chi connectivity index (χ0n) is 17.7. The number of hydrogen-bond donors (Lipinski definition) is 1. The van der Waals surface area contributed by atoms with E-state index in [9.17, 15) is 14.4 Å². The first-order valence-corrected chi connectivity index (χ1v) is 10.1. The fourth-order valence-corrected chi connectivity index (χ4v) is 3.59. The van der Waals surface area contributed by atoms with Crippen LogP contribution in [0.4, 0.5) is 5.69 Å². The molecule has 4 rings (SSSR count). The molecule has 10 nitrogen and oxygen atoms in total. The number of anilines is 1. The van der Waals surface area contributed by atoms with Crippen LogP contribution in [0.2, 0.25) is 0 Å². The van der Waals surface area contributed by atoms with Crippen LogP contribution in [0.1, 0.15) is 24.2 Å². The molecule has 1 N–H and O–H groups in total. The van der Waals surface area contributed by atoms with E-state index < -0.39 is 11.2 Å². The third kappa shape index (κ3) is 4.00. The SMILES string of the molecule is CC(C)Oc1ncnc2ccc(N3CCN(C(=O)c4c[nH]c(=O)n(C)c4=O)CC3)cc12. The summed E-state index contributed by atoms with van der Waals surface area (Å²) < 4.78 is 6.72. The summed E-state index contributed by atoms with van der Waals surface area (Å²) in [5, 5.41) is 0.837. The maximum absolute atomic E-state index is 12.8. The quantitative estimate of drug-likeness (QED) is 0.658. The summed E-state index contributed by atoms with van der Waals surface area (Å²) in [4.78, 5) is 51.4. The van der Waals surface area contributed by atoms with Crippen LogP contribution in [0.15, 0.2) is 40.3 Å². The normalized spacial score (nSPS) is 14.3. The minimum atomic E-state index is -0.594. The molecule has 3 aromatic rings. The number of amides is 1. The molecule has 1 aliphatic rings. The number of ether oxygens (including phenoxy) is 1. The molecule has 1 amide bonds. The molecule has 0 aliphatic carbocycles. The average molecular weight is 424 g/mol. The number of nitrogens with zero attached hydrogens (tertiary/aromatic N) is 5. The van der Waals surface area contributed by atoms with E-state index in [0.29, 0.717) is 32.1 Å². The third-order valence-corrected chi connectivity index (χ3v) is 5.27. The fraction of sp³-hybridized carbons (Fsp3) is 0.381. The highest BCUT2D eigenvalue weighted by atomic mass is 16.5. The van der Waals surface area contributed by atoms with Gasteiger partial charge in [-0.25, -0.2) is 14.8 Å². The van der Waals surface area contributed by atoms with E-state index in [-0.39, 0.29) is 17.6 Å². The molecule has 1 fully saturated rings. The standard InChI is InChI=1S/C21H24N6O4/c1-13(2)31-18-15-10-14(4-5-17(15)23-12-24-18)26-6-8-27(9-7-26)20(29)16-11-22-21(30)25(3)19(16)28/h4-5,10-13H,6-9H2,1-3H3,(H,22,30). The van der Waals surface area contributed by atoms with Gasteiger partial charge in [0.2, 0.25) is 5.88 Å². The van der Waals surface area contributed by atoms with Crippen molar-refractivity contribution in [1.82, 2.24) is 24.4 Å². The Labute approximate surface area is 178 Å². The van der Waals surface area contributed by atoms with Gasteiger partial charge in [0.25, 0.3) is 11.5 Å². The Hall–Kier alpha value is -3.69. The lowest BCUT2D eigenvalue weighted by molar-refractivity contribution is 0.0743. The first kappa shape index (κ1) is 20.6. The van der Waals surface area contributed by atoms with Gasteiger partial charge in [0, 0.05) is 45.1 Å². The Morgan fingerprint density at radius 2 is 1.87 bits per heavy atom. The zero-order valence-corrected chi connectivity index (χ0v) is 17.7. The number of aromatic nitrogens is 4. The van der Waals surface area contributed by atoms with Crippen molar-refractivity contribution in [3.8, 4) is 5.88 Å². The van der Waals surface area contributed by atoms with Crippen molar-refractivity contribution in [2.45, 2.75) is 20.0 Å². The number of hydrogen-bond acceptors (Lipinski definition) is 7. The Morgan fingerprint density at radius 1 is 1.13 bits per heavy atom. The number of benzene rings is 1. The summed E-state index contributed by atoms with van der Waals surface area (Å²) >= 11 is 0. The van der Waals surface area contributed by atoms with Crippen molar-refractivity contribution in [3.05, 3.63) is 57.1 Å². The van der Waals surface area contributed by atoms with Crippen LogP contribution in [-0.2, 0) is 7.05 Å². The van der Waals surface area contributed by atoms with Gasteiger partial charge in [-0.05, 0) is 32.0 Å². The van der Waals surface area contributed by atoms with Crippen LogP contribution in [0.3, 0.4) is 0 Å². The van der Waals surface area contributed by atoms with Crippen LogP contribution in [-0.4, -0.2) is 62.6 Å². The summed E-state index contributed by atoms with van der Waals surface area (Å²) in [5.74, 6) is 0.167. The Morgan fingerprint density at radius 3 is 2.58 bits per heavy atom. The Kier molecular flexibility index (Phi) is 5.45. The molecule has 3 heterocycles. The number of aromatic amines is 1. The zero-order chi connectivity index (χ0) is 22.1. The lowest BCUT2D eigenvalue weighted by atomic mass is 10.1. The van der Waals surface area contributed by atoms with Gasteiger partial charge in [-0.1, -0.05) is 0 Å². The number of carbonyl (C=O) groups is 1. The molecule has 31 heavy (non-hydrogen) atoms. The molecular formula is C21H24N6O4. The van der Waals surface area contributed by atoms with Crippen molar-refractivity contribution in [1.29, 1.82) is 0 Å². The molecule has 1 aromatic carbocycles.